The summed E-state index contributed by atoms with van der Waals surface area (Å²) in [5.74, 6) is -0.119. The number of nitrogens with zero attached hydrogens (tertiary/aromatic N) is 2. The van der Waals surface area contributed by atoms with Crippen LogP contribution in [0.4, 0.5) is 10.5 Å². The van der Waals surface area contributed by atoms with Crippen LogP contribution < -0.4 is 9.47 Å². The van der Waals surface area contributed by atoms with Crippen molar-refractivity contribution in [1.29, 1.82) is 0 Å². The fraction of sp³-hybridized carbons (Fsp3) is 0.375. The van der Waals surface area contributed by atoms with E-state index in [0.717, 1.165) is 16.7 Å². The van der Waals surface area contributed by atoms with Crippen LogP contribution in [0.2, 0.25) is 0 Å². The minimum absolute atomic E-state index is 0.0386. The third-order valence-electron chi connectivity index (χ3n) is 3.62. The first-order chi connectivity index (χ1) is 12.4. The number of carbonyl (C=O) groups is 2. The van der Waals surface area contributed by atoms with Crippen LogP contribution in [0.15, 0.2) is 17.0 Å². The molecule has 0 bridgehead atoms. The summed E-state index contributed by atoms with van der Waals surface area (Å²) in [6.45, 7) is 0.676. The number of carbonyl (C=O) groups excluding carboxylic acids is 2. The van der Waals surface area contributed by atoms with Crippen LogP contribution in [0.3, 0.4) is 0 Å². The van der Waals surface area contributed by atoms with Gasteiger partial charge in [0.15, 0.2) is 0 Å². The van der Waals surface area contributed by atoms with Crippen LogP contribution in [0.1, 0.15) is 12.0 Å². The molecule has 1 saturated heterocycles. The van der Waals surface area contributed by atoms with Crippen molar-refractivity contribution < 1.29 is 28.7 Å². The molecule has 1 aromatic rings. The van der Waals surface area contributed by atoms with E-state index in [1.807, 2.05) is 0 Å². The lowest BCUT2D eigenvalue weighted by Gasteiger charge is -2.11. The van der Waals surface area contributed by atoms with Gasteiger partial charge in [-0.05, 0) is 24.3 Å². The van der Waals surface area contributed by atoms with E-state index >= 15 is 0 Å². The Hall–Kier alpha value is -2.59. The number of benzene rings is 1. The normalized spacial score (nSPS) is 15.7. The molecule has 2 rings (SSSR count). The molecule has 0 atom stereocenters. The Morgan fingerprint density at radius 3 is 2.46 bits per heavy atom. The molecule has 1 aliphatic heterocycles. The summed E-state index contributed by atoms with van der Waals surface area (Å²) in [6, 6.07) is 2.61. The van der Waals surface area contributed by atoms with Gasteiger partial charge in [-0.3, -0.25) is 24.6 Å². The van der Waals surface area contributed by atoms with Crippen LogP contribution >= 0.6 is 11.8 Å². The van der Waals surface area contributed by atoms with Gasteiger partial charge in [0.2, 0.25) is 5.75 Å². The van der Waals surface area contributed by atoms with Gasteiger partial charge in [-0.15, -0.1) is 0 Å². The lowest BCUT2D eigenvalue weighted by molar-refractivity contribution is -0.385. The maximum absolute atomic E-state index is 12.4. The molecule has 1 aliphatic rings. The van der Waals surface area contributed by atoms with Crippen molar-refractivity contribution in [3.63, 3.8) is 0 Å². The SMILES string of the molecule is COCCCN1C(=O)S/C(=C/c2cc([N+](=O)[O-])c(OC)cc2OC)C1=O. The molecule has 9 nitrogen and oxygen atoms in total. The first kappa shape index (κ1) is 19.7. The van der Waals surface area contributed by atoms with Gasteiger partial charge in [-0.2, -0.15) is 0 Å². The van der Waals surface area contributed by atoms with Gasteiger partial charge in [0, 0.05) is 38.0 Å². The second-order valence-electron chi connectivity index (χ2n) is 5.20. The molecule has 0 aromatic heterocycles. The van der Waals surface area contributed by atoms with Crippen LogP contribution in [0.25, 0.3) is 6.08 Å². The number of hydrogen-bond donors (Lipinski definition) is 0. The van der Waals surface area contributed by atoms with Crippen molar-refractivity contribution in [2.45, 2.75) is 6.42 Å². The van der Waals surface area contributed by atoms with E-state index in [2.05, 4.69) is 0 Å². The maximum Gasteiger partial charge on any atom is 0.311 e. The van der Waals surface area contributed by atoms with Gasteiger partial charge in [-0.1, -0.05) is 0 Å². The molecule has 2 amide bonds. The highest BCUT2D eigenvalue weighted by atomic mass is 32.2. The first-order valence-electron chi connectivity index (χ1n) is 7.57. The zero-order chi connectivity index (χ0) is 19.3. The second kappa shape index (κ2) is 8.68. The fourth-order valence-corrected chi connectivity index (χ4v) is 3.22. The molecular formula is C16H18N2O7S. The highest BCUT2D eigenvalue weighted by Crippen LogP contribution is 2.38. The number of nitro groups is 1. The second-order valence-corrected chi connectivity index (χ2v) is 6.20. The van der Waals surface area contributed by atoms with Crippen molar-refractivity contribution in [3.05, 3.63) is 32.7 Å². The summed E-state index contributed by atoms with van der Waals surface area (Å²) >= 11 is 0.779. The summed E-state index contributed by atoms with van der Waals surface area (Å²) in [7, 11) is 4.25. The van der Waals surface area contributed by atoms with E-state index in [0.29, 0.717) is 24.3 Å². The van der Waals surface area contributed by atoms with Crippen LogP contribution in [-0.2, 0) is 9.53 Å². The van der Waals surface area contributed by atoms with Gasteiger partial charge in [0.05, 0.1) is 24.0 Å². The summed E-state index contributed by atoms with van der Waals surface area (Å²) < 4.78 is 15.1. The Morgan fingerprint density at radius 2 is 1.88 bits per heavy atom. The Labute approximate surface area is 154 Å². The molecule has 0 N–H and O–H groups in total. The number of methoxy groups -OCH3 is 3. The van der Waals surface area contributed by atoms with Crippen LogP contribution in [-0.4, -0.2) is 55.5 Å². The molecule has 0 saturated carbocycles. The molecule has 1 fully saturated rings. The minimum atomic E-state index is -0.591. The fourth-order valence-electron chi connectivity index (χ4n) is 2.36. The van der Waals surface area contributed by atoms with Crippen molar-refractivity contribution in [3.8, 4) is 11.5 Å². The predicted octanol–water partition coefficient (Wildman–Crippen LogP) is 2.68. The minimum Gasteiger partial charge on any atom is -0.496 e. The molecule has 0 aliphatic carbocycles. The van der Waals surface area contributed by atoms with E-state index in [1.54, 1.807) is 0 Å². The zero-order valence-electron chi connectivity index (χ0n) is 14.5. The topological polar surface area (TPSA) is 108 Å². The Kier molecular flexibility index (Phi) is 6.58. The molecule has 1 heterocycles. The average molecular weight is 382 g/mol. The highest BCUT2D eigenvalue weighted by molar-refractivity contribution is 8.18. The number of nitro benzene ring substituents is 1. The van der Waals surface area contributed by atoms with Crippen molar-refractivity contribution >= 4 is 34.7 Å². The standard InChI is InChI=1S/C16H18N2O7S/c1-23-6-4-5-17-15(19)14(26-16(17)20)8-10-7-11(18(21)22)13(25-3)9-12(10)24-2/h7-9H,4-6H2,1-3H3/b14-8+. The van der Waals surface area contributed by atoms with Gasteiger partial charge in [-0.25, -0.2) is 0 Å². The number of ether oxygens (including phenoxy) is 3. The molecule has 0 radical (unpaired) electrons. The number of rotatable bonds is 8. The third kappa shape index (κ3) is 4.14. The largest absolute Gasteiger partial charge is 0.496 e. The van der Waals surface area contributed by atoms with Gasteiger partial charge >= 0.3 is 5.69 Å². The maximum atomic E-state index is 12.4. The molecule has 26 heavy (non-hydrogen) atoms. The third-order valence-corrected chi connectivity index (χ3v) is 4.53. The molecule has 140 valence electrons. The molecule has 1 aromatic carbocycles. The zero-order valence-corrected chi connectivity index (χ0v) is 15.3. The van der Waals surface area contributed by atoms with E-state index in [-0.39, 0.29) is 28.1 Å². The molecular weight excluding hydrogens is 364 g/mol. The summed E-state index contributed by atoms with van der Waals surface area (Å²) in [5.41, 5.74) is 0.0428. The Bertz CT molecular complexity index is 763. The number of thioether (sulfide) groups is 1. The predicted molar refractivity (Wildman–Crippen MR) is 95.4 cm³/mol. The smallest absolute Gasteiger partial charge is 0.311 e. The lowest BCUT2D eigenvalue weighted by Crippen LogP contribution is -2.29. The Balaban J connectivity index is 2.36. The van der Waals surface area contributed by atoms with Crippen LogP contribution in [0.5, 0.6) is 11.5 Å². The molecule has 0 spiro atoms. The number of amides is 2. The summed E-state index contributed by atoms with van der Waals surface area (Å²) in [5, 5.41) is 10.8. The van der Waals surface area contributed by atoms with E-state index in [4.69, 9.17) is 14.2 Å². The quantitative estimate of drug-likeness (QED) is 0.292. The first-order valence-corrected chi connectivity index (χ1v) is 8.39. The van der Waals surface area contributed by atoms with E-state index < -0.39 is 10.8 Å². The number of imide groups is 1. The van der Waals surface area contributed by atoms with Crippen molar-refractivity contribution in [1.82, 2.24) is 4.90 Å². The number of hydrogen-bond acceptors (Lipinski definition) is 8. The van der Waals surface area contributed by atoms with Crippen molar-refractivity contribution in [2.75, 3.05) is 34.5 Å². The van der Waals surface area contributed by atoms with Gasteiger partial charge in [0.1, 0.15) is 5.75 Å². The van der Waals surface area contributed by atoms with Gasteiger partial charge in [0.25, 0.3) is 11.1 Å². The average Bonchev–Trinajstić information content (AvgIpc) is 2.88. The van der Waals surface area contributed by atoms with Gasteiger partial charge < -0.3 is 14.2 Å². The highest BCUT2D eigenvalue weighted by Gasteiger charge is 2.35. The monoisotopic (exact) mass is 382 g/mol. The van der Waals surface area contributed by atoms with Crippen molar-refractivity contribution in [2.24, 2.45) is 0 Å². The van der Waals surface area contributed by atoms with Crippen LogP contribution in [0, 0.1) is 10.1 Å². The molecule has 10 heteroatoms. The lowest BCUT2D eigenvalue weighted by atomic mass is 10.1. The van der Waals surface area contributed by atoms with E-state index in [9.17, 15) is 19.7 Å². The van der Waals surface area contributed by atoms with E-state index in [1.165, 1.54) is 39.5 Å². The Morgan fingerprint density at radius 1 is 1.19 bits per heavy atom. The summed E-state index contributed by atoms with van der Waals surface area (Å²) in [4.78, 5) is 36.4. The summed E-state index contributed by atoms with van der Waals surface area (Å²) in [6.07, 6.45) is 1.94. The molecule has 0 unspecified atom stereocenters.